The number of Topliss-reactive ketones (excluding diaryl/α,β-unsaturated/α-hetero) is 1. The molecule has 1 unspecified atom stereocenters. The number of halogens is 4. The van der Waals surface area contributed by atoms with E-state index in [1.165, 1.54) is 30.6 Å². The van der Waals surface area contributed by atoms with Crippen molar-refractivity contribution in [2.24, 2.45) is 0 Å². The van der Waals surface area contributed by atoms with Gasteiger partial charge in [-0.3, -0.25) is 14.5 Å². The Morgan fingerprint density at radius 2 is 1.91 bits per heavy atom. The number of aliphatic hydroxyl groups is 1. The van der Waals surface area contributed by atoms with E-state index in [-0.39, 0.29) is 26.9 Å². The number of thiophene rings is 1. The number of amides is 1. The van der Waals surface area contributed by atoms with Gasteiger partial charge < -0.3 is 9.84 Å². The van der Waals surface area contributed by atoms with Crippen molar-refractivity contribution in [3.8, 4) is 5.75 Å². The monoisotopic (exact) mass is 495 g/mol. The van der Waals surface area contributed by atoms with Crippen molar-refractivity contribution in [1.29, 1.82) is 0 Å². The van der Waals surface area contributed by atoms with E-state index in [2.05, 4.69) is 0 Å². The van der Waals surface area contributed by atoms with Gasteiger partial charge in [-0.05, 0) is 35.7 Å². The maximum atomic E-state index is 14.6. The lowest BCUT2D eigenvalue weighted by Crippen LogP contribution is -2.30. The van der Waals surface area contributed by atoms with Crippen LogP contribution in [0.4, 0.5) is 14.5 Å². The number of rotatable bonds is 4. The number of methoxy groups -OCH3 is 1. The number of carbonyl (C=O) groups is 2. The van der Waals surface area contributed by atoms with Gasteiger partial charge in [-0.15, -0.1) is 11.3 Å². The topological polar surface area (TPSA) is 66.8 Å². The van der Waals surface area contributed by atoms with Crippen molar-refractivity contribution in [2.75, 3.05) is 12.0 Å². The standard InChI is InChI=1S/C22H13Cl2F2NO4S/c1-31-21-12(7-10(23)8-13(21)24)19(28)17-18(16-3-2-6-32-16)27(22(30)20(17)29)15-9-11(25)4-5-14(15)26/h2-9,18,28H,1H3/b19-17-. The first-order chi connectivity index (χ1) is 15.2. The molecule has 5 nitrogen and oxygen atoms in total. The van der Waals surface area contributed by atoms with Gasteiger partial charge in [-0.25, -0.2) is 8.78 Å². The van der Waals surface area contributed by atoms with Crippen LogP contribution >= 0.6 is 34.5 Å². The van der Waals surface area contributed by atoms with Gasteiger partial charge in [0.25, 0.3) is 11.7 Å². The van der Waals surface area contributed by atoms with Crippen LogP contribution in [0.3, 0.4) is 0 Å². The maximum absolute atomic E-state index is 14.6. The molecule has 1 fully saturated rings. The third-order valence-electron chi connectivity index (χ3n) is 4.89. The molecule has 1 N–H and O–H groups in total. The molecular weight excluding hydrogens is 483 g/mol. The summed E-state index contributed by atoms with van der Waals surface area (Å²) in [5.74, 6) is -4.48. The Balaban J connectivity index is 2.01. The first-order valence-electron chi connectivity index (χ1n) is 9.07. The van der Waals surface area contributed by atoms with E-state index in [9.17, 15) is 23.5 Å². The average Bonchev–Trinajstić information content (AvgIpc) is 3.36. The summed E-state index contributed by atoms with van der Waals surface area (Å²) in [6, 6.07) is 7.34. The van der Waals surface area contributed by atoms with Gasteiger partial charge >= 0.3 is 0 Å². The van der Waals surface area contributed by atoms with Gasteiger partial charge in [-0.1, -0.05) is 29.3 Å². The predicted octanol–water partition coefficient (Wildman–Crippen LogP) is 5.97. The van der Waals surface area contributed by atoms with Crippen molar-refractivity contribution >= 4 is 57.7 Å². The molecule has 0 saturated carbocycles. The van der Waals surface area contributed by atoms with Crippen LogP contribution in [0.2, 0.25) is 10.0 Å². The third-order valence-corrected chi connectivity index (χ3v) is 6.32. The van der Waals surface area contributed by atoms with Crippen LogP contribution in [0.1, 0.15) is 16.5 Å². The molecule has 0 spiro atoms. The maximum Gasteiger partial charge on any atom is 0.300 e. The molecule has 3 aromatic rings. The van der Waals surface area contributed by atoms with E-state index in [1.54, 1.807) is 17.5 Å². The highest BCUT2D eigenvalue weighted by molar-refractivity contribution is 7.10. The quantitative estimate of drug-likeness (QED) is 0.275. The van der Waals surface area contributed by atoms with Gasteiger partial charge in [0.15, 0.2) is 0 Å². The minimum absolute atomic E-state index is 0.0238. The summed E-state index contributed by atoms with van der Waals surface area (Å²) in [4.78, 5) is 27.3. The molecule has 4 rings (SSSR count). The molecule has 0 aliphatic carbocycles. The zero-order chi connectivity index (χ0) is 23.2. The fraction of sp³-hybridized carbons (Fsp3) is 0.0909. The number of hydrogen-bond acceptors (Lipinski definition) is 5. The summed E-state index contributed by atoms with van der Waals surface area (Å²) >= 11 is 13.4. The van der Waals surface area contributed by atoms with Gasteiger partial charge in [0, 0.05) is 16.0 Å². The smallest absolute Gasteiger partial charge is 0.300 e. The zero-order valence-electron chi connectivity index (χ0n) is 16.2. The Morgan fingerprint density at radius 3 is 2.56 bits per heavy atom. The second-order valence-corrected chi connectivity index (χ2v) is 8.57. The summed E-state index contributed by atoms with van der Waals surface area (Å²) in [7, 11) is 1.31. The predicted molar refractivity (Wildman–Crippen MR) is 118 cm³/mol. The molecule has 32 heavy (non-hydrogen) atoms. The number of carbonyl (C=O) groups excluding carboxylic acids is 2. The van der Waals surface area contributed by atoms with Crippen LogP contribution in [-0.4, -0.2) is 23.9 Å². The Labute approximate surface area is 195 Å². The first-order valence-corrected chi connectivity index (χ1v) is 10.7. The number of nitrogens with zero attached hydrogens (tertiary/aromatic N) is 1. The number of aliphatic hydroxyl groups excluding tert-OH is 1. The van der Waals surface area contributed by atoms with Crippen LogP contribution < -0.4 is 9.64 Å². The van der Waals surface area contributed by atoms with Crippen molar-refractivity contribution in [2.45, 2.75) is 6.04 Å². The highest BCUT2D eigenvalue weighted by Gasteiger charge is 2.48. The normalized spacial score (nSPS) is 17.8. The molecule has 1 amide bonds. The number of ketones is 1. The molecule has 10 heteroatoms. The zero-order valence-corrected chi connectivity index (χ0v) is 18.6. The van der Waals surface area contributed by atoms with E-state index < -0.39 is 40.8 Å². The van der Waals surface area contributed by atoms with Crippen LogP contribution in [0.25, 0.3) is 5.76 Å². The second kappa shape index (κ2) is 8.54. The fourth-order valence-corrected chi connectivity index (χ4v) is 4.95. The van der Waals surface area contributed by atoms with Gasteiger partial charge in [-0.2, -0.15) is 0 Å². The van der Waals surface area contributed by atoms with Crippen LogP contribution in [0, 0.1) is 11.6 Å². The molecule has 0 bridgehead atoms. The minimum Gasteiger partial charge on any atom is -0.507 e. The summed E-state index contributed by atoms with van der Waals surface area (Å²) in [5.41, 5.74) is -0.789. The molecule has 164 valence electrons. The van der Waals surface area contributed by atoms with E-state index >= 15 is 0 Å². The number of hydrogen-bond donors (Lipinski definition) is 1. The van der Waals surface area contributed by atoms with Crippen LogP contribution in [0.5, 0.6) is 5.75 Å². The Hall–Kier alpha value is -2.94. The fourth-order valence-electron chi connectivity index (χ4n) is 3.56. The average molecular weight is 496 g/mol. The minimum atomic E-state index is -1.21. The molecule has 1 aliphatic heterocycles. The highest BCUT2D eigenvalue weighted by Crippen LogP contribution is 2.46. The molecule has 1 aliphatic rings. The number of benzene rings is 2. The van der Waals surface area contributed by atoms with Gasteiger partial charge in [0.1, 0.15) is 29.2 Å². The number of anilines is 1. The van der Waals surface area contributed by atoms with E-state index in [0.29, 0.717) is 4.88 Å². The Kier molecular flexibility index (Phi) is 5.94. The number of ether oxygens (including phenoxy) is 1. The lowest BCUT2D eigenvalue weighted by Gasteiger charge is -2.24. The van der Waals surface area contributed by atoms with E-state index in [0.717, 1.165) is 23.1 Å². The van der Waals surface area contributed by atoms with E-state index in [4.69, 9.17) is 27.9 Å². The third kappa shape index (κ3) is 3.64. The first kappa shape index (κ1) is 22.3. The molecule has 2 aromatic carbocycles. The van der Waals surface area contributed by atoms with E-state index in [1.807, 2.05) is 0 Å². The summed E-state index contributed by atoms with van der Waals surface area (Å²) in [6.07, 6.45) is 0. The van der Waals surface area contributed by atoms with Gasteiger partial charge in [0.05, 0.1) is 29.0 Å². The lowest BCUT2D eigenvalue weighted by atomic mass is 9.99. The largest absolute Gasteiger partial charge is 0.507 e. The van der Waals surface area contributed by atoms with Crippen molar-refractivity contribution in [3.05, 3.63) is 85.5 Å². The lowest BCUT2D eigenvalue weighted by molar-refractivity contribution is -0.132. The molecule has 2 heterocycles. The SMILES string of the molecule is COc1c(Cl)cc(Cl)cc1/C(O)=C1/C(=O)C(=O)N(c2cc(F)ccc2F)C1c1cccs1. The van der Waals surface area contributed by atoms with Crippen molar-refractivity contribution in [1.82, 2.24) is 0 Å². The Morgan fingerprint density at radius 1 is 1.16 bits per heavy atom. The van der Waals surface area contributed by atoms with Gasteiger partial charge in [0.2, 0.25) is 0 Å². The van der Waals surface area contributed by atoms with Crippen molar-refractivity contribution < 1.29 is 28.2 Å². The molecular formula is C22H13Cl2F2NO4S. The summed E-state index contributed by atoms with van der Waals surface area (Å²) in [5, 5.41) is 13.1. The van der Waals surface area contributed by atoms with Crippen molar-refractivity contribution in [3.63, 3.8) is 0 Å². The summed E-state index contributed by atoms with van der Waals surface area (Å²) in [6.45, 7) is 0. The van der Waals surface area contributed by atoms with Crippen LogP contribution in [0.15, 0.2) is 53.4 Å². The van der Waals surface area contributed by atoms with Crippen LogP contribution in [-0.2, 0) is 9.59 Å². The molecule has 1 atom stereocenters. The molecule has 1 saturated heterocycles. The molecule has 0 radical (unpaired) electrons. The molecule has 1 aromatic heterocycles. The Bertz CT molecular complexity index is 1280. The summed E-state index contributed by atoms with van der Waals surface area (Å²) < 4.78 is 33.8. The highest BCUT2D eigenvalue weighted by atomic mass is 35.5. The second-order valence-electron chi connectivity index (χ2n) is 6.75.